The van der Waals surface area contributed by atoms with Crippen molar-refractivity contribution in [2.75, 3.05) is 0 Å². The zero-order chi connectivity index (χ0) is 17.8. The highest BCUT2D eigenvalue weighted by Gasteiger charge is 2.18. The fourth-order valence-electron chi connectivity index (χ4n) is 2.42. The quantitative estimate of drug-likeness (QED) is 0.681. The maximum absolute atomic E-state index is 12.2. The Bertz CT molecular complexity index is 894. The first-order valence-corrected chi connectivity index (χ1v) is 7.73. The van der Waals surface area contributed by atoms with Gasteiger partial charge in [0.25, 0.3) is 11.8 Å². The topological polar surface area (TPSA) is 95.3 Å². The molecule has 0 radical (unpaired) electrons. The second-order valence-electron chi connectivity index (χ2n) is 5.54. The molecule has 0 saturated heterocycles. The second kappa shape index (κ2) is 7.00. The Morgan fingerprint density at radius 2 is 1.60 bits per heavy atom. The van der Waals surface area contributed by atoms with Crippen LogP contribution in [0.15, 0.2) is 54.6 Å². The maximum atomic E-state index is 12.2. The van der Waals surface area contributed by atoms with Gasteiger partial charge in [0.15, 0.2) is 5.69 Å². The van der Waals surface area contributed by atoms with Crippen LogP contribution in [0.4, 0.5) is 0 Å². The van der Waals surface area contributed by atoms with Crippen molar-refractivity contribution in [3.8, 4) is 22.8 Å². The van der Waals surface area contributed by atoms with Gasteiger partial charge >= 0.3 is 0 Å². The van der Waals surface area contributed by atoms with Crippen LogP contribution >= 0.6 is 0 Å². The predicted molar refractivity (Wildman–Crippen MR) is 93.1 cm³/mol. The maximum Gasteiger partial charge on any atom is 0.274 e. The van der Waals surface area contributed by atoms with Crippen LogP contribution in [-0.2, 0) is 6.54 Å². The van der Waals surface area contributed by atoms with E-state index in [2.05, 4.69) is 15.3 Å². The molecule has 126 valence electrons. The normalized spacial score (nSPS) is 10.4. The molecule has 3 aromatic rings. The van der Waals surface area contributed by atoms with E-state index in [4.69, 9.17) is 0 Å². The molecule has 0 saturated carbocycles. The molecule has 6 heteroatoms. The number of nitrogens with one attached hydrogen (secondary N) is 1. The minimum absolute atomic E-state index is 0.202. The lowest BCUT2D eigenvalue weighted by Crippen LogP contribution is -2.24. The van der Waals surface area contributed by atoms with Gasteiger partial charge in [-0.1, -0.05) is 54.6 Å². The molecule has 0 aliphatic heterocycles. The summed E-state index contributed by atoms with van der Waals surface area (Å²) in [6.45, 7) is 1.80. The van der Waals surface area contributed by atoms with E-state index >= 15 is 0 Å². The molecule has 0 aliphatic carbocycles. The van der Waals surface area contributed by atoms with E-state index in [1.54, 1.807) is 0 Å². The van der Waals surface area contributed by atoms with Crippen molar-refractivity contribution in [3.63, 3.8) is 0 Å². The van der Waals surface area contributed by atoms with Crippen LogP contribution in [0.5, 0.6) is 11.6 Å². The van der Waals surface area contributed by atoms with Crippen LogP contribution in [0, 0.1) is 6.92 Å². The number of aromatic hydroxyl groups is 2. The van der Waals surface area contributed by atoms with Gasteiger partial charge in [0.1, 0.15) is 5.82 Å². The summed E-state index contributed by atoms with van der Waals surface area (Å²) >= 11 is 0. The third kappa shape index (κ3) is 3.74. The van der Waals surface area contributed by atoms with E-state index in [9.17, 15) is 15.0 Å². The minimum atomic E-state index is -0.623. The summed E-state index contributed by atoms with van der Waals surface area (Å²) in [5.41, 5.74) is 2.87. The van der Waals surface area contributed by atoms with E-state index in [1.807, 2.05) is 54.6 Å². The number of aromatic nitrogens is 2. The van der Waals surface area contributed by atoms with Gasteiger partial charge in [0.05, 0.1) is 0 Å². The third-order valence-electron chi connectivity index (χ3n) is 3.71. The largest absolute Gasteiger partial charge is 0.501 e. The molecule has 3 rings (SSSR count). The molecule has 2 aromatic carbocycles. The average molecular weight is 335 g/mol. The van der Waals surface area contributed by atoms with Crippen LogP contribution in [0.1, 0.15) is 21.9 Å². The van der Waals surface area contributed by atoms with Crippen molar-refractivity contribution in [3.05, 3.63) is 71.7 Å². The molecule has 0 fully saturated rings. The monoisotopic (exact) mass is 335 g/mol. The first-order chi connectivity index (χ1) is 12.0. The molecule has 0 atom stereocenters. The lowest BCUT2D eigenvalue weighted by atomic mass is 10.0. The van der Waals surface area contributed by atoms with E-state index < -0.39 is 17.5 Å². The number of carbonyl (C=O) groups excluding carboxylic acids is 1. The number of aryl methyl sites for hydroxylation is 1. The number of rotatable bonds is 4. The highest BCUT2D eigenvalue weighted by molar-refractivity contribution is 5.95. The molecule has 1 amide bonds. The Labute approximate surface area is 144 Å². The van der Waals surface area contributed by atoms with E-state index in [1.165, 1.54) is 6.92 Å². The molecule has 3 N–H and O–H groups in total. The lowest BCUT2D eigenvalue weighted by Gasteiger charge is -2.08. The number of nitrogens with zero attached hydrogens (tertiary/aromatic N) is 2. The van der Waals surface area contributed by atoms with Gasteiger partial charge in [0.2, 0.25) is 5.75 Å². The zero-order valence-electron chi connectivity index (χ0n) is 13.6. The van der Waals surface area contributed by atoms with Crippen molar-refractivity contribution >= 4 is 5.91 Å². The first-order valence-electron chi connectivity index (χ1n) is 7.73. The molecule has 0 aliphatic rings. The standard InChI is InChI=1S/C19H17N3O3/c1-12-21-16(17(23)19(25)22-12)18(24)20-11-13-7-9-15(10-8-13)14-5-3-2-4-6-14/h2-10,23H,11H2,1H3,(H,20,24)(H,21,22,25). The fraction of sp³-hybridized carbons (Fsp3) is 0.105. The van der Waals surface area contributed by atoms with Crippen LogP contribution < -0.4 is 5.32 Å². The molecule has 1 heterocycles. The molecule has 0 bridgehead atoms. The van der Waals surface area contributed by atoms with Gasteiger partial charge in [0, 0.05) is 6.54 Å². The van der Waals surface area contributed by atoms with Crippen molar-refractivity contribution in [1.29, 1.82) is 0 Å². The van der Waals surface area contributed by atoms with E-state index in [-0.39, 0.29) is 18.1 Å². The summed E-state index contributed by atoms with van der Waals surface area (Å²) in [7, 11) is 0. The van der Waals surface area contributed by atoms with Gasteiger partial charge in [-0.05, 0) is 23.6 Å². The smallest absolute Gasteiger partial charge is 0.274 e. The number of amides is 1. The molecule has 0 unspecified atom stereocenters. The summed E-state index contributed by atoms with van der Waals surface area (Å²) in [5, 5.41) is 21.9. The molecular formula is C19H17N3O3. The number of carbonyl (C=O) groups is 1. The van der Waals surface area contributed by atoms with Crippen LogP contribution in [-0.4, -0.2) is 26.1 Å². The van der Waals surface area contributed by atoms with Gasteiger partial charge < -0.3 is 15.5 Å². The minimum Gasteiger partial charge on any atom is -0.501 e. The van der Waals surface area contributed by atoms with Gasteiger partial charge in [-0.3, -0.25) is 4.79 Å². The Morgan fingerprint density at radius 1 is 0.960 bits per heavy atom. The molecule has 25 heavy (non-hydrogen) atoms. The first kappa shape index (κ1) is 16.4. The molecule has 6 nitrogen and oxygen atoms in total. The average Bonchev–Trinajstić information content (AvgIpc) is 2.64. The molecular weight excluding hydrogens is 318 g/mol. The Balaban J connectivity index is 1.69. The highest BCUT2D eigenvalue weighted by atomic mass is 16.3. The van der Waals surface area contributed by atoms with Crippen LogP contribution in [0.2, 0.25) is 0 Å². The van der Waals surface area contributed by atoms with Crippen molar-refractivity contribution in [1.82, 2.24) is 15.3 Å². The van der Waals surface area contributed by atoms with Crippen molar-refractivity contribution < 1.29 is 15.0 Å². The Kier molecular flexibility index (Phi) is 4.61. The van der Waals surface area contributed by atoms with Gasteiger partial charge in [-0.25, -0.2) is 4.98 Å². The predicted octanol–water partition coefficient (Wildman–Crippen LogP) is 2.79. The van der Waals surface area contributed by atoms with Crippen molar-refractivity contribution in [2.24, 2.45) is 0 Å². The third-order valence-corrected chi connectivity index (χ3v) is 3.71. The fourth-order valence-corrected chi connectivity index (χ4v) is 2.42. The Morgan fingerprint density at radius 3 is 2.28 bits per heavy atom. The number of hydrogen-bond acceptors (Lipinski definition) is 5. The molecule has 0 spiro atoms. The summed E-state index contributed by atoms with van der Waals surface area (Å²) in [5.74, 6) is -1.61. The van der Waals surface area contributed by atoms with Crippen LogP contribution in [0.25, 0.3) is 11.1 Å². The van der Waals surface area contributed by atoms with E-state index in [0.29, 0.717) is 0 Å². The number of hydrogen-bond donors (Lipinski definition) is 3. The zero-order valence-corrected chi connectivity index (χ0v) is 13.6. The second-order valence-corrected chi connectivity index (χ2v) is 5.54. The summed E-state index contributed by atoms with van der Waals surface area (Å²) in [6.07, 6.45) is 0. The molecule has 1 aromatic heterocycles. The highest BCUT2D eigenvalue weighted by Crippen LogP contribution is 2.25. The van der Waals surface area contributed by atoms with E-state index in [0.717, 1.165) is 16.7 Å². The summed E-state index contributed by atoms with van der Waals surface area (Å²) in [6, 6.07) is 17.8. The SMILES string of the molecule is Cc1nc(O)c(O)c(C(=O)NCc2ccc(-c3ccccc3)cc2)n1. The number of benzene rings is 2. The van der Waals surface area contributed by atoms with Crippen LogP contribution in [0.3, 0.4) is 0 Å². The van der Waals surface area contributed by atoms with Crippen molar-refractivity contribution in [2.45, 2.75) is 13.5 Å². The van der Waals surface area contributed by atoms with Gasteiger partial charge in [-0.15, -0.1) is 0 Å². The summed E-state index contributed by atoms with van der Waals surface area (Å²) in [4.78, 5) is 19.6. The van der Waals surface area contributed by atoms with Gasteiger partial charge in [-0.2, -0.15) is 4.98 Å². The Hall–Kier alpha value is -3.41. The summed E-state index contributed by atoms with van der Waals surface area (Å²) < 4.78 is 0. The lowest BCUT2D eigenvalue weighted by molar-refractivity contribution is 0.0941.